The standard InChI is InChI=1S/C24H23ClFN5O/c25-15-5-8-20(26)17(11-15)22-28-13-18(14-3-1-2-4-14)23(31-22)30-21-9-10-27-12-19(21)24(32)29-16-6-7-16/h5,8-14,16H,1-4,6-7H2,(H,29,32)(H,27,28,30,31). The summed E-state index contributed by atoms with van der Waals surface area (Å²) in [6.45, 7) is 0. The molecule has 164 valence electrons. The van der Waals surface area contributed by atoms with Crippen LogP contribution in [0.3, 0.4) is 0 Å². The summed E-state index contributed by atoms with van der Waals surface area (Å²) in [5.74, 6) is 0.532. The highest BCUT2D eigenvalue weighted by Crippen LogP contribution is 2.39. The fraction of sp³-hybridized carbons (Fsp3) is 0.333. The summed E-state index contributed by atoms with van der Waals surface area (Å²) in [7, 11) is 0. The lowest BCUT2D eigenvalue weighted by atomic mass is 9.99. The van der Waals surface area contributed by atoms with Crippen LogP contribution in [0.4, 0.5) is 15.9 Å². The highest BCUT2D eigenvalue weighted by Gasteiger charge is 2.26. The molecule has 8 heteroatoms. The van der Waals surface area contributed by atoms with Crippen molar-refractivity contribution in [2.24, 2.45) is 0 Å². The topological polar surface area (TPSA) is 79.8 Å². The minimum absolute atomic E-state index is 0.166. The summed E-state index contributed by atoms with van der Waals surface area (Å²) in [5, 5.41) is 6.74. The number of carbonyl (C=O) groups excluding carboxylic acids is 1. The van der Waals surface area contributed by atoms with Crippen molar-refractivity contribution >= 4 is 29.0 Å². The summed E-state index contributed by atoms with van der Waals surface area (Å²) in [5.41, 5.74) is 2.26. The third kappa shape index (κ3) is 4.43. The van der Waals surface area contributed by atoms with Crippen LogP contribution >= 0.6 is 11.6 Å². The number of hydrogen-bond donors (Lipinski definition) is 2. The van der Waals surface area contributed by atoms with Gasteiger partial charge in [0.25, 0.3) is 5.91 Å². The molecule has 2 aliphatic carbocycles. The fourth-order valence-corrected chi connectivity index (χ4v) is 4.30. The van der Waals surface area contributed by atoms with Crippen LogP contribution in [0.1, 0.15) is 60.4 Å². The van der Waals surface area contributed by atoms with Crippen LogP contribution < -0.4 is 10.6 Å². The van der Waals surface area contributed by atoms with Gasteiger partial charge in [-0.1, -0.05) is 24.4 Å². The van der Waals surface area contributed by atoms with Crippen LogP contribution in [0.25, 0.3) is 11.4 Å². The molecule has 2 saturated carbocycles. The number of rotatable bonds is 6. The second-order valence-corrected chi connectivity index (χ2v) is 8.83. The van der Waals surface area contributed by atoms with Crippen molar-refractivity contribution in [3.8, 4) is 11.4 Å². The average Bonchev–Trinajstić information content (AvgIpc) is 3.44. The maximum Gasteiger partial charge on any atom is 0.255 e. The van der Waals surface area contributed by atoms with E-state index in [1.807, 2.05) is 0 Å². The molecule has 1 amide bonds. The molecule has 1 aromatic carbocycles. The van der Waals surface area contributed by atoms with E-state index < -0.39 is 5.82 Å². The predicted molar refractivity (Wildman–Crippen MR) is 122 cm³/mol. The Morgan fingerprint density at radius 3 is 2.69 bits per heavy atom. The zero-order chi connectivity index (χ0) is 22.1. The number of aromatic nitrogens is 3. The summed E-state index contributed by atoms with van der Waals surface area (Å²) in [6.07, 6.45) is 11.4. The molecular weight excluding hydrogens is 429 g/mol. The summed E-state index contributed by atoms with van der Waals surface area (Å²) >= 11 is 6.08. The second kappa shape index (κ2) is 8.82. The zero-order valence-corrected chi connectivity index (χ0v) is 18.2. The van der Waals surface area contributed by atoms with Crippen molar-refractivity contribution in [1.82, 2.24) is 20.3 Å². The van der Waals surface area contributed by atoms with Gasteiger partial charge in [-0.05, 0) is 55.9 Å². The van der Waals surface area contributed by atoms with E-state index in [2.05, 4.69) is 25.6 Å². The first-order valence-corrected chi connectivity index (χ1v) is 11.3. The average molecular weight is 452 g/mol. The molecule has 3 aromatic rings. The summed E-state index contributed by atoms with van der Waals surface area (Å²) < 4.78 is 14.5. The molecular formula is C24H23ClFN5O. The van der Waals surface area contributed by atoms with Crippen LogP contribution in [0, 0.1) is 5.82 Å². The molecule has 0 aliphatic heterocycles. The Morgan fingerprint density at radius 1 is 1.09 bits per heavy atom. The number of pyridine rings is 1. The Morgan fingerprint density at radius 2 is 1.91 bits per heavy atom. The van der Waals surface area contributed by atoms with Crippen LogP contribution in [0.5, 0.6) is 0 Å². The Kier molecular flexibility index (Phi) is 5.74. The van der Waals surface area contributed by atoms with Crippen molar-refractivity contribution in [2.45, 2.75) is 50.5 Å². The highest BCUT2D eigenvalue weighted by atomic mass is 35.5. The van der Waals surface area contributed by atoms with Crippen molar-refractivity contribution in [1.29, 1.82) is 0 Å². The third-order valence-corrected chi connectivity index (χ3v) is 6.25. The molecule has 0 atom stereocenters. The molecule has 0 saturated heterocycles. The van der Waals surface area contributed by atoms with E-state index in [9.17, 15) is 9.18 Å². The van der Waals surface area contributed by atoms with Crippen LogP contribution in [0.2, 0.25) is 5.02 Å². The maximum atomic E-state index is 14.5. The molecule has 32 heavy (non-hydrogen) atoms. The Bertz CT molecular complexity index is 1160. The molecule has 0 spiro atoms. The number of benzene rings is 1. The smallest absolute Gasteiger partial charge is 0.255 e. The first-order valence-electron chi connectivity index (χ1n) is 10.9. The Hall–Kier alpha value is -3.06. The molecule has 6 nitrogen and oxygen atoms in total. The summed E-state index contributed by atoms with van der Waals surface area (Å²) in [4.78, 5) is 26.0. The van der Waals surface area contributed by atoms with Gasteiger partial charge >= 0.3 is 0 Å². The van der Waals surface area contributed by atoms with E-state index in [-0.39, 0.29) is 23.3 Å². The van der Waals surface area contributed by atoms with E-state index in [1.165, 1.54) is 18.2 Å². The number of halogens is 2. The molecule has 2 aromatic heterocycles. The first-order chi connectivity index (χ1) is 15.6. The van der Waals surface area contributed by atoms with E-state index in [0.29, 0.717) is 28.0 Å². The monoisotopic (exact) mass is 451 g/mol. The van der Waals surface area contributed by atoms with Crippen molar-refractivity contribution in [3.63, 3.8) is 0 Å². The van der Waals surface area contributed by atoms with Gasteiger partial charge in [0, 0.05) is 35.2 Å². The van der Waals surface area contributed by atoms with E-state index in [4.69, 9.17) is 11.6 Å². The largest absolute Gasteiger partial charge is 0.349 e. The van der Waals surface area contributed by atoms with Gasteiger partial charge < -0.3 is 10.6 Å². The lowest BCUT2D eigenvalue weighted by Gasteiger charge is -2.18. The molecule has 2 N–H and O–H groups in total. The molecule has 2 fully saturated rings. The minimum Gasteiger partial charge on any atom is -0.349 e. The van der Waals surface area contributed by atoms with Crippen LogP contribution in [-0.2, 0) is 0 Å². The second-order valence-electron chi connectivity index (χ2n) is 8.40. The van der Waals surface area contributed by atoms with Gasteiger partial charge in [0.15, 0.2) is 5.82 Å². The number of anilines is 2. The number of nitrogens with zero attached hydrogens (tertiary/aromatic N) is 3. The molecule has 2 heterocycles. The minimum atomic E-state index is -0.442. The molecule has 5 rings (SSSR count). The molecule has 0 radical (unpaired) electrons. The fourth-order valence-electron chi connectivity index (χ4n) is 4.13. The Labute approximate surface area is 190 Å². The van der Waals surface area contributed by atoms with E-state index in [1.54, 1.807) is 24.7 Å². The number of amides is 1. The lowest BCUT2D eigenvalue weighted by molar-refractivity contribution is 0.0951. The Balaban J connectivity index is 1.54. The van der Waals surface area contributed by atoms with Crippen molar-refractivity contribution < 1.29 is 9.18 Å². The van der Waals surface area contributed by atoms with Gasteiger partial charge in [-0.15, -0.1) is 0 Å². The van der Waals surface area contributed by atoms with Crippen molar-refractivity contribution in [2.75, 3.05) is 5.32 Å². The SMILES string of the molecule is O=C(NC1CC1)c1cnccc1Nc1nc(-c2cc(Cl)ccc2F)ncc1C1CCCC1. The molecule has 2 aliphatic rings. The van der Waals surface area contributed by atoms with Gasteiger partial charge in [-0.2, -0.15) is 0 Å². The predicted octanol–water partition coefficient (Wildman–Crippen LogP) is 5.62. The van der Waals surface area contributed by atoms with E-state index in [0.717, 1.165) is 44.1 Å². The first kappa shape index (κ1) is 20.8. The summed E-state index contributed by atoms with van der Waals surface area (Å²) in [6, 6.07) is 6.31. The van der Waals surface area contributed by atoms with Gasteiger partial charge in [0.2, 0.25) is 0 Å². The number of nitrogens with one attached hydrogen (secondary N) is 2. The normalized spacial score (nSPS) is 16.2. The zero-order valence-electron chi connectivity index (χ0n) is 17.4. The number of carbonyl (C=O) groups is 1. The van der Waals surface area contributed by atoms with E-state index >= 15 is 0 Å². The van der Waals surface area contributed by atoms with Crippen LogP contribution in [-0.4, -0.2) is 26.9 Å². The van der Waals surface area contributed by atoms with Gasteiger partial charge in [0.05, 0.1) is 16.8 Å². The molecule has 0 bridgehead atoms. The van der Waals surface area contributed by atoms with Crippen molar-refractivity contribution in [3.05, 3.63) is 64.8 Å². The number of hydrogen-bond acceptors (Lipinski definition) is 5. The quantitative estimate of drug-likeness (QED) is 0.508. The lowest BCUT2D eigenvalue weighted by Crippen LogP contribution is -2.26. The van der Waals surface area contributed by atoms with Gasteiger partial charge in [-0.3, -0.25) is 9.78 Å². The highest BCUT2D eigenvalue weighted by molar-refractivity contribution is 6.30. The van der Waals surface area contributed by atoms with Gasteiger partial charge in [-0.25, -0.2) is 14.4 Å². The van der Waals surface area contributed by atoms with Gasteiger partial charge in [0.1, 0.15) is 11.6 Å². The third-order valence-electron chi connectivity index (χ3n) is 6.01. The molecule has 0 unspecified atom stereocenters. The van der Waals surface area contributed by atoms with Crippen LogP contribution in [0.15, 0.2) is 42.9 Å². The maximum absolute atomic E-state index is 14.5.